The van der Waals surface area contributed by atoms with Crippen molar-refractivity contribution in [2.45, 2.75) is 32.9 Å². The number of nitrogens with one attached hydrogen (secondary N) is 1. The Balaban J connectivity index is 2.17. The van der Waals surface area contributed by atoms with Crippen molar-refractivity contribution < 1.29 is 23.5 Å². The van der Waals surface area contributed by atoms with E-state index >= 15 is 0 Å². The zero-order valence-electron chi connectivity index (χ0n) is 13.2. The Morgan fingerprint density at radius 2 is 1.88 bits per heavy atom. The number of carbonyl (C=O) groups is 2. The fourth-order valence-corrected chi connectivity index (χ4v) is 2.45. The van der Waals surface area contributed by atoms with Gasteiger partial charge in [-0.05, 0) is 19.4 Å². The molecule has 0 aliphatic carbocycles. The number of amides is 1. The van der Waals surface area contributed by atoms with Crippen LogP contribution in [0.25, 0.3) is 0 Å². The molecule has 1 amide bonds. The molecule has 0 radical (unpaired) electrons. The summed E-state index contributed by atoms with van der Waals surface area (Å²) in [4.78, 5) is 23.6. The van der Waals surface area contributed by atoms with Crippen LogP contribution >= 0.6 is 0 Å². The van der Waals surface area contributed by atoms with Gasteiger partial charge in [0.1, 0.15) is 0 Å². The highest BCUT2D eigenvalue weighted by atomic mass is 19.3. The predicted molar refractivity (Wildman–Crippen MR) is 81.6 cm³/mol. The van der Waals surface area contributed by atoms with E-state index in [-0.39, 0.29) is 12.1 Å². The lowest BCUT2D eigenvalue weighted by atomic mass is 10.1. The number of carboxylic acid groups (broad SMARTS) is 1. The molecule has 1 aromatic heterocycles. The van der Waals surface area contributed by atoms with Crippen molar-refractivity contribution in [1.82, 2.24) is 15.1 Å². The number of carbonyl (C=O) groups excluding carboxylic acids is 1. The van der Waals surface area contributed by atoms with Crippen LogP contribution in [-0.4, -0.2) is 26.8 Å². The standard InChI is InChI=1S/C16H17F2N3O3/c1-9-12(10(2)21(20-9)16(17)18)8-13(22)19-14(15(23)24)11-6-4-3-5-7-11/h3-7,14,16H,8H2,1-2H3,(H,19,22)(H,23,24)/t14-/m0/s1. The highest BCUT2D eigenvalue weighted by Gasteiger charge is 2.24. The Bertz CT molecular complexity index is 745. The van der Waals surface area contributed by atoms with E-state index in [1.165, 1.54) is 13.8 Å². The minimum atomic E-state index is -2.79. The molecule has 1 heterocycles. The third kappa shape index (κ3) is 3.76. The second-order valence-electron chi connectivity index (χ2n) is 5.30. The first-order valence-corrected chi connectivity index (χ1v) is 7.21. The summed E-state index contributed by atoms with van der Waals surface area (Å²) < 4.78 is 26.2. The molecule has 0 bridgehead atoms. The average molecular weight is 337 g/mol. The van der Waals surface area contributed by atoms with Crippen molar-refractivity contribution in [3.05, 3.63) is 52.8 Å². The summed E-state index contributed by atoms with van der Waals surface area (Å²) in [6.45, 7) is 0.178. The van der Waals surface area contributed by atoms with Crippen LogP contribution in [0.1, 0.15) is 35.1 Å². The molecule has 0 fully saturated rings. The molecular weight excluding hydrogens is 320 g/mol. The highest BCUT2D eigenvalue weighted by Crippen LogP contribution is 2.20. The van der Waals surface area contributed by atoms with Gasteiger partial charge in [0.25, 0.3) is 0 Å². The Kier molecular flexibility index (Phi) is 5.28. The number of halogens is 2. The van der Waals surface area contributed by atoms with Crippen LogP contribution in [0.5, 0.6) is 0 Å². The monoisotopic (exact) mass is 337 g/mol. The summed E-state index contributed by atoms with van der Waals surface area (Å²) in [5.41, 5.74) is 1.29. The molecule has 6 nitrogen and oxygen atoms in total. The number of alkyl halides is 2. The number of aryl methyl sites for hydroxylation is 1. The minimum Gasteiger partial charge on any atom is -0.479 e. The molecule has 0 aliphatic heterocycles. The van der Waals surface area contributed by atoms with Crippen LogP contribution in [0.4, 0.5) is 8.78 Å². The molecule has 8 heteroatoms. The number of nitrogens with zero attached hydrogens (tertiary/aromatic N) is 2. The van der Waals surface area contributed by atoms with Gasteiger partial charge in [-0.1, -0.05) is 30.3 Å². The number of hydrogen-bond donors (Lipinski definition) is 2. The first kappa shape index (κ1) is 17.6. The van der Waals surface area contributed by atoms with Gasteiger partial charge in [-0.25, -0.2) is 9.48 Å². The van der Waals surface area contributed by atoms with Crippen molar-refractivity contribution in [1.29, 1.82) is 0 Å². The molecule has 2 rings (SSSR count). The summed E-state index contributed by atoms with van der Waals surface area (Å²) in [5, 5.41) is 15.4. The molecule has 2 aromatic rings. The SMILES string of the molecule is Cc1nn(C(F)F)c(C)c1CC(=O)N[C@H](C(=O)O)c1ccccc1. The van der Waals surface area contributed by atoms with Gasteiger partial charge in [-0.15, -0.1) is 0 Å². The van der Waals surface area contributed by atoms with Gasteiger partial charge in [-0.2, -0.15) is 13.9 Å². The normalized spacial score (nSPS) is 12.2. The lowest BCUT2D eigenvalue weighted by molar-refractivity contribution is -0.141. The van der Waals surface area contributed by atoms with Crippen molar-refractivity contribution >= 4 is 11.9 Å². The maximum atomic E-state index is 12.8. The molecule has 0 unspecified atom stereocenters. The first-order chi connectivity index (χ1) is 11.3. The van der Waals surface area contributed by atoms with E-state index in [9.17, 15) is 23.5 Å². The summed E-state index contributed by atoms with van der Waals surface area (Å²) in [6.07, 6.45) is -0.221. The van der Waals surface area contributed by atoms with Gasteiger partial charge in [-0.3, -0.25) is 4.79 Å². The quantitative estimate of drug-likeness (QED) is 0.848. The fourth-order valence-electron chi connectivity index (χ4n) is 2.45. The highest BCUT2D eigenvalue weighted by molar-refractivity contribution is 5.86. The summed E-state index contributed by atoms with van der Waals surface area (Å²) in [7, 11) is 0. The van der Waals surface area contributed by atoms with Crippen LogP contribution < -0.4 is 5.32 Å². The largest absolute Gasteiger partial charge is 0.479 e. The van der Waals surface area contributed by atoms with Gasteiger partial charge >= 0.3 is 12.5 Å². The zero-order chi connectivity index (χ0) is 17.9. The lowest BCUT2D eigenvalue weighted by Gasteiger charge is -2.15. The maximum absolute atomic E-state index is 12.8. The van der Waals surface area contributed by atoms with E-state index in [4.69, 9.17) is 0 Å². The number of carboxylic acids is 1. The topological polar surface area (TPSA) is 84.2 Å². The maximum Gasteiger partial charge on any atom is 0.333 e. The fraction of sp³-hybridized carbons (Fsp3) is 0.312. The second-order valence-corrected chi connectivity index (χ2v) is 5.30. The van der Waals surface area contributed by atoms with Crippen molar-refractivity contribution in [2.24, 2.45) is 0 Å². The van der Waals surface area contributed by atoms with Gasteiger partial charge < -0.3 is 10.4 Å². The third-order valence-electron chi connectivity index (χ3n) is 3.68. The zero-order valence-corrected chi connectivity index (χ0v) is 13.2. The molecule has 0 spiro atoms. The minimum absolute atomic E-state index is 0.184. The molecular formula is C16H17F2N3O3. The predicted octanol–water partition coefficient (Wildman–Crippen LogP) is 2.38. The molecule has 1 aromatic carbocycles. The Labute approximate surface area is 137 Å². The Hall–Kier alpha value is -2.77. The Morgan fingerprint density at radius 1 is 1.25 bits per heavy atom. The Morgan fingerprint density at radius 3 is 2.38 bits per heavy atom. The van der Waals surface area contributed by atoms with Crippen molar-refractivity contribution in [3.8, 4) is 0 Å². The van der Waals surface area contributed by atoms with E-state index in [0.717, 1.165) is 0 Å². The van der Waals surface area contributed by atoms with E-state index in [0.29, 0.717) is 21.5 Å². The van der Waals surface area contributed by atoms with Crippen LogP contribution in [-0.2, 0) is 16.0 Å². The van der Waals surface area contributed by atoms with E-state index in [2.05, 4.69) is 10.4 Å². The van der Waals surface area contributed by atoms with Gasteiger partial charge in [0.2, 0.25) is 5.91 Å². The van der Waals surface area contributed by atoms with Crippen molar-refractivity contribution in [3.63, 3.8) is 0 Å². The van der Waals surface area contributed by atoms with E-state index in [1.807, 2.05) is 0 Å². The first-order valence-electron chi connectivity index (χ1n) is 7.21. The number of hydrogen-bond acceptors (Lipinski definition) is 3. The molecule has 2 N–H and O–H groups in total. The van der Waals surface area contributed by atoms with Crippen molar-refractivity contribution in [2.75, 3.05) is 0 Å². The summed E-state index contributed by atoms with van der Waals surface area (Å²) >= 11 is 0. The summed E-state index contributed by atoms with van der Waals surface area (Å²) in [5.74, 6) is -1.78. The third-order valence-corrected chi connectivity index (χ3v) is 3.68. The average Bonchev–Trinajstić information content (AvgIpc) is 2.81. The molecule has 24 heavy (non-hydrogen) atoms. The smallest absolute Gasteiger partial charge is 0.333 e. The molecule has 128 valence electrons. The van der Waals surface area contributed by atoms with Crippen LogP contribution in [0.15, 0.2) is 30.3 Å². The molecule has 1 atom stereocenters. The van der Waals surface area contributed by atoms with Crippen LogP contribution in [0.3, 0.4) is 0 Å². The van der Waals surface area contributed by atoms with Gasteiger partial charge in [0.05, 0.1) is 12.1 Å². The lowest BCUT2D eigenvalue weighted by Crippen LogP contribution is -2.34. The van der Waals surface area contributed by atoms with E-state index in [1.54, 1.807) is 30.3 Å². The molecule has 0 saturated carbocycles. The second kappa shape index (κ2) is 7.20. The van der Waals surface area contributed by atoms with E-state index < -0.39 is 24.5 Å². The summed E-state index contributed by atoms with van der Waals surface area (Å²) in [6, 6.07) is 7.03. The van der Waals surface area contributed by atoms with Crippen LogP contribution in [0.2, 0.25) is 0 Å². The number of aromatic nitrogens is 2. The number of aliphatic carboxylic acids is 1. The number of benzene rings is 1. The van der Waals surface area contributed by atoms with Gasteiger partial charge in [0.15, 0.2) is 6.04 Å². The van der Waals surface area contributed by atoms with Gasteiger partial charge in [0, 0.05) is 11.3 Å². The molecule has 0 saturated heterocycles. The van der Waals surface area contributed by atoms with Crippen LogP contribution in [0, 0.1) is 13.8 Å². The number of rotatable bonds is 6. The molecule has 0 aliphatic rings.